The van der Waals surface area contributed by atoms with Crippen molar-refractivity contribution in [1.82, 2.24) is 5.16 Å². The molecule has 0 amide bonds. The van der Waals surface area contributed by atoms with Crippen LogP contribution in [-0.2, 0) is 4.57 Å². The number of benzene rings is 2. The maximum atomic E-state index is 10.9. The number of phosphoric acid groups is 1. The first-order valence-corrected chi connectivity index (χ1v) is 9.27. The summed E-state index contributed by atoms with van der Waals surface area (Å²) in [4.78, 5) is 17.7. The van der Waals surface area contributed by atoms with E-state index < -0.39 is 7.82 Å². The fourth-order valence-electron chi connectivity index (χ4n) is 2.66. The smallest absolute Gasteiger partial charge is 0.496 e. The standard InChI is InChI=1S/C18H18NO6P/c1-11-8-14(9-17(23-3)12(11)2)18-16(10-19-24-18)13-4-6-15(7-5-13)25-26(20,21)22/h4-10H,1-3H3,(H2,20,21,22). The van der Waals surface area contributed by atoms with Crippen LogP contribution in [0.25, 0.3) is 22.5 Å². The van der Waals surface area contributed by atoms with Gasteiger partial charge < -0.3 is 13.8 Å². The lowest BCUT2D eigenvalue weighted by atomic mass is 9.99. The molecule has 8 heteroatoms. The molecule has 0 aliphatic carbocycles. The van der Waals surface area contributed by atoms with Gasteiger partial charge in [0.2, 0.25) is 0 Å². The third-order valence-corrected chi connectivity index (χ3v) is 4.51. The molecular formula is C18H18NO6P. The molecule has 0 fully saturated rings. The molecule has 2 N–H and O–H groups in total. The molecule has 0 aliphatic rings. The summed E-state index contributed by atoms with van der Waals surface area (Å²) in [6.07, 6.45) is 1.59. The molecule has 0 unspecified atom stereocenters. The number of aryl methyl sites for hydroxylation is 1. The zero-order valence-corrected chi connectivity index (χ0v) is 15.4. The van der Waals surface area contributed by atoms with Crippen molar-refractivity contribution in [3.63, 3.8) is 0 Å². The van der Waals surface area contributed by atoms with Crippen molar-refractivity contribution < 1.29 is 28.1 Å². The molecule has 1 heterocycles. The predicted octanol–water partition coefficient (Wildman–Crippen LogP) is 4.11. The Hall–Kier alpha value is -2.60. The van der Waals surface area contributed by atoms with Gasteiger partial charge >= 0.3 is 7.82 Å². The van der Waals surface area contributed by atoms with Gasteiger partial charge in [0, 0.05) is 11.1 Å². The summed E-state index contributed by atoms with van der Waals surface area (Å²) in [5, 5.41) is 3.89. The molecule has 2 aromatic carbocycles. The highest BCUT2D eigenvalue weighted by molar-refractivity contribution is 7.46. The Kier molecular flexibility index (Phi) is 4.87. The summed E-state index contributed by atoms with van der Waals surface area (Å²) in [5.74, 6) is 1.41. The van der Waals surface area contributed by atoms with Crippen LogP contribution in [0.4, 0.5) is 0 Å². The highest BCUT2D eigenvalue weighted by Gasteiger charge is 2.18. The van der Waals surface area contributed by atoms with Crippen molar-refractivity contribution in [2.75, 3.05) is 7.11 Å². The molecule has 0 saturated carbocycles. The molecule has 0 spiro atoms. The van der Waals surface area contributed by atoms with E-state index in [0.717, 1.165) is 33.6 Å². The Morgan fingerprint density at radius 3 is 2.38 bits per heavy atom. The normalized spacial score (nSPS) is 11.4. The Labute approximate surface area is 150 Å². The Morgan fingerprint density at radius 2 is 1.77 bits per heavy atom. The Morgan fingerprint density at radius 1 is 1.08 bits per heavy atom. The minimum Gasteiger partial charge on any atom is -0.496 e. The maximum absolute atomic E-state index is 10.9. The highest BCUT2D eigenvalue weighted by Crippen LogP contribution is 2.39. The number of hydrogen-bond donors (Lipinski definition) is 2. The minimum absolute atomic E-state index is 0.0768. The van der Waals surface area contributed by atoms with Crippen molar-refractivity contribution in [2.45, 2.75) is 13.8 Å². The molecule has 0 radical (unpaired) electrons. The summed E-state index contributed by atoms with van der Waals surface area (Å²) in [6, 6.07) is 10.2. The molecule has 1 aromatic heterocycles. The van der Waals surface area contributed by atoms with Crippen LogP contribution in [0.5, 0.6) is 11.5 Å². The van der Waals surface area contributed by atoms with E-state index in [1.807, 2.05) is 26.0 Å². The lowest BCUT2D eigenvalue weighted by molar-refractivity contribution is 0.283. The van der Waals surface area contributed by atoms with Crippen molar-refractivity contribution in [1.29, 1.82) is 0 Å². The highest BCUT2D eigenvalue weighted by atomic mass is 31.2. The van der Waals surface area contributed by atoms with Crippen molar-refractivity contribution in [2.24, 2.45) is 0 Å². The number of nitrogens with zero attached hydrogens (tertiary/aromatic N) is 1. The molecule has 0 bridgehead atoms. The van der Waals surface area contributed by atoms with Gasteiger partial charge in [-0.15, -0.1) is 0 Å². The monoisotopic (exact) mass is 375 g/mol. The largest absolute Gasteiger partial charge is 0.524 e. The molecule has 0 atom stereocenters. The zero-order chi connectivity index (χ0) is 18.9. The van der Waals surface area contributed by atoms with Gasteiger partial charge in [0.25, 0.3) is 0 Å². The van der Waals surface area contributed by atoms with Gasteiger partial charge in [-0.1, -0.05) is 17.3 Å². The molecule has 7 nitrogen and oxygen atoms in total. The van der Waals surface area contributed by atoms with E-state index in [4.69, 9.17) is 19.0 Å². The second-order valence-corrected chi connectivity index (χ2v) is 6.96. The maximum Gasteiger partial charge on any atom is 0.524 e. The van der Waals surface area contributed by atoms with Crippen LogP contribution in [0.1, 0.15) is 11.1 Å². The second kappa shape index (κ2) is 6.96. The lowest BCUT2D eigenvalue weighted by Gasteiger charge is -2.11. The predicted molar refractivity (Wildman–Crippen MR) is 96.1 cm³/mol. The number of rotatable bonds is 5. The van der Waals surface area contributed by atoms with Crippen LogP contribution in [0.3, 0.4) is 0 Å². The second-order valence-electron chi connectivity index (χ2n) is 5.80. The van der Waals surface area contributed by atoms with Crippen LogP contribution < -0.4 is 9.26 Å². The van der Waals surface area contributed by atoms with Crippen LogP contribution in [-0.4, -0.2) is 22.1 Å². The van der Waals surface area contributed by atoms with E-state index in [1.54, 1.807) is 25.4 Å². The molecule has 0 aliphatic heterocycles. The van der Waals surface area contributed by atoms with Crippen LogP contribution >= 0.6 is 7.82 Å². The number of methoxy groups -OCH3 is 1. The molecular weight excluding hydrogens is 357 g/mol. The van der Waals surface area contributed by atoms with Gasteiger partial charge in [-0.2, -0.15) is 0 Å². The number of phosphoric ester groups is 1. The van der Waals surface area contributed by atoms with Gasteiger partial charge in [-0.05, 0) is 54.8 Å². The fraction of sp³-hybridized carbons (Fsp3) is 0.167. The molecule has 136 valence electrons. The Bertz CT molecular complexity index is 974. The van der Waals surface area contributed by atoms with E-state index in [1.165, 1.54) is 12.1 Å². The van der Waals surface area contributed by atoms with E-state index >= 15 is 0 Å². The summed E-state index contributed by atoms with van der Waals surface area (Å²) in [7, 11) is -2.97. The number of hydrogen-bond acceptors (Lipinski definition) is 5. The SMILES string of the molecule is COc1cc(-c2oncc2-c2ccc(OP(=O)(O)O)cc2)cc(C)c1C. The summed E-state index contributed by atoms with van der Waals surface area (Å²) >= 11 is 0. The molecule has 3 aromatic rings. The van der Waals surface area contributed by atoms with Crippen LogP contribution in [0.2, 0.25) is 0 Å². The molecule has 0 saturated heterocycles. The van der Waals surface area contributed by atoms with E-state index in [2.05, 4.69) is 9.68 Å². The number of ether oxygens (including phenoxy) is 1. The average molecular weight is 375 g/mol. The first-order valence-electron chi connectivity index (χ1n) is 7.74. The van der Waals surface area contributed by atoms with Crippen LogP contribution in [0.15, 0.2) is 47.1 Å². The van der Waals surface area contributed by atoms with Crippen molar-refractivity contribution in [3.05, 3.63) is 53.7 Å². The van der Waals surface area contributed by atoms with Gasteiger partial charge in [-0.3, -0.25) is 9.79 Å². The van der Waals surface area contributed by atoms with E-state index in [9.17, 15) is 4.57 Å². The van der Waals surface area contributed by atoms with E-state index in [-0.39, 0.29) is 5.75 Å². The third-order valence-electron chi connectivity index (χ3n) is 4.06. The van der Waals surface area contributed by atoms with Gasteiger partial charge in [0.1, 0.15) is 11.5 Å². The minimum atomic E-state index is -4.58. The topological polar surface area (TPSA) is 102 Å². The van der Waals surface area contributed by atoms with Crippen molar-refractivity contribution >= 4 is 7.82 Å². The van der Waals surface area contributed by atoms with E-state index in [0.29, 0.717) is 5.76 Å². The van der Waals surface area contributed by atoms with Crippen molar-refractivity contribution in [3.8, 4) is 33.9 Å². The first kappa shape index (κ1) is 18.2. The van der Waals surface area contributed by atoms with Gasteiger partial charge in [0.15, 0.2) is 5.76 Å². The summed E-state index contributed by atoms with van der Waals surface area (Å²) < 4.78 is 26.3. The summed E-state index contributed by atoms with van der Waals surface area (Å²) in [5.41, 5.74) is 4.46. The molecule has 3 rings (SSSR count). The lowest BCUT2D eigenvalue weighted by Crippen LogP contribution is -1.92. The van der Waals surface area contributed by atoms with Gasteiger partial charge in [-0.25, -0.2) is 4.57 Å². The fourth-order valence-corrected chi connectivity index (χ4v) is 3.05. The average Bonchev–Trinajstić information content (AvgIpc) is 3.06. The number of aromatic nitrogens is 1. The summed E-state index contributed by atoms with van der Waals surface area (Å²) in [6.45, 7) is 3.98. The third kappa shape index (κ3) is 3.80. The molecule has 26 heavy (non-hydrogen) atoms. The Balaban J connectivity index is 1.99. The van der Waals surface area contributed by atoms with Gasteiger partial charge in [0.05, 0.1) is 13.3 Å². The van der Waals surface area contributed by atoms with Crippen LogP contribution in [0, 0.1) is 13.8 Å². The first-order chi connectivity index (χ1) is 12.3. The zero-order valence-electron chi connectivity index (χ0n) is 14.5. The quantitative estimate of drug-likeness (QED) is 0.647.